The smallest absolute Gasteiger partial charge is 0.256 e. The molecule has 6 heteroatoms. The van der Waals surface area contributed by atoms with Crippen LogP contribution in [0.1, 0.15) is 29.1 Å². The zero-order chi connectivity index (χ0) is 16.2. The lowest BCUT2D eigenvalue weighted by Gasteiger charge is -2.32. The number of nitrogens with zero attached hydrogens (tertiary/aromatic N) is 1. The number of ether oxygens (including phenoxy) is 1. The van der Waals surface area contributed by atoms with Crippen molar-refractivity contribution >= 4 is 23.2 Å². The number of carbonyl (C=O) groups excluding carboxylic acids is 1. The molecule has 0 saturated carbocycles. The van der Waals surface area contributed by atoms with Gasteiger partial charge in [-0.15, -0.1) is 0 Å². The highest BCUT2D eigenvalue weighted by Crippen LogP contribution is 2.26. The Morgan fingerprint density at radius 2 is 2.30 bits per heavy atom. The minimum absolute atomic E-state index is 0.0525. The van der Waals surface area contributed by atoms with Gasteiger partial charge < -0.3 is 19.4 Å². The van der Waals surface area contributed by atoms with Crippen LogP contribution < -0.4 is 5.32 Å². The molecular formula is C17H19ClN2O3. The van der Waals surface area contributed by atoms with E-state index in [0.717, 1.165) is 18.0 Å². The van der Waals surface area contributed by atoms with Gasteiger partial charge in [0.05, 0.1) is 25.0 Å². The molecule has 2 heterocycles. The molecule has 5 nitrogen and oxygen atoms in total. The Morgan fingerprint density at radius 1 is 1.43 bits per heavy atom. The van der Waals surface area contributed by atoms with Gasteiger partial charge in [-0.05, 0) is 37.3 Å². The Bertz CT molecular complexity index is 672. The molecule has 1 saturated heterocycles. The number of halogens is 1. The van der Waals surface area contributed by atoms with E-state index in [4.69, 9.17) is 20.8 Å². The van der Waals surface area contributed by atoms with Crippen LogP contribution in [-0.2, 0) is 4.74 Å². The van der Waals surface area contributed by atoms with Gasteiger partial charge in [-0.25, -0.2) is 0 Å². The van der Waals surface area contributed by atoms with Crippen molar-refractivity contribution in [1.29, 1.82) is 0 Å². The number of benzene rings is 1. The monoisotopic (exact) mass is 334 g/mol. The predicted molar refractivity (Wildman–Crippen MR) is 88.9 cm³/mol. The van der Waals surface area contributed by atoms with Crippen molar-refractivity contribution < 1.29 is 13.9 Å². The third-order valence-corrected chi connectivity index (χ3v) is 4.03. The molecule has 1 aromatic heterocycles. The fourth-order valence-electron chi connectivity index (χ4n) is 2.69. The zero-order valence-electron chi connectivity index (χ0n) is 12.9. The minimum Gasteiger partial charge on any atom is -0.467 e. The molecular weight excluding hydrogens is 316 g/mol. The molecule has 1 N–H and O–H groups in total. The summed E-state index contributed by atoms with van der Waals surface area (Å²) in [5.74, 6) is 0.684. The fraction of sp³-hybridized carbons (Fsp3) is 0.353. The van der Waals surface area contributed by atoms with Crippen LogP contribution in [0.3, 0.4) is 0 Å². The highest BCUT2D eigenvalue weighted by atomic mass is 35.5. The Hall–Kier alpha value is -1.98. The van der Waals surface area contributed by atoms with Crippen molar-refractivity contribution in [2.45, 2.75) is 13.0 Å². The lowest BCUT2D eigenvalue weighted by atomic mass is 10.1. The quantitative estimate of drug-likeness (QED) is 0.928. The van der Waals surface area contributed by atoms with Crippen molar-refractivity contribution in [1.82, 2.24) is 4.90 Å². The normalized spacial score (nSPS) is 18.0. The van der Waals surface area contributed by atoms with Crippen LogP contribution in [0.5, 0.6) is 0 Å². The molecule has 1 aliphatic heterocycles. The van der Waals surface area contributed by atoms with Crippen LogP contribution in [0.25, 0.3) is 0 Å². The van der Waals surface area contributed by atoms with E-state index in [-0.39, 0.29) is 12.0 Å². The summed E-state index contributed by atoms with van der Waals surface area (Å²) in [4.78, 5) is 14.7. The summed E-state index contributed by atoms with van der Waals surface area (Å²) < 4.78 is 11.1. The molecule has 1 amide bonds. The average Bonchev–Trinajstić information content (AvgIpc) is 3.11. The average molecular weight is 335 g/mol. The third-order valence-electron chi connectivity index (χ3n) is 3.79. The van der Waals surface area contributed by atoms with E-state index >= 15 is 0 Å². The van der Waals surface area contributed by atoms with Crippen LogP contribution in [-0.4, -0.2) is 37.0 Å². The van der Waals surface area contributed by atoms with Crippen LogP contribution >= 0.6 is 11.6 Å². The first-order valence-corrected chi connectivity index (χ1v) is 8.04. The van der Waals surface area contributed by atoms with E-state index < -0.39 is 0 Å². The Kier molecular flexibility index (Phi) is 4.88. The first kappa shape index (κ1) is 15.9. The van der Waals surface area contributed by atoms with E-state index in [1.54, 1.807) is 23.3 Å². The fourth-order valence-corrected chi connectivity index (χ4v) is 2.86. The maximum atomic E-state index is 12.9. The molecule has 0 radical (unpaired) electrons. The number of hydrogen-bond donors (Lipinski definition) is 1. The van der Waals surface area contributed by atoms with Crippen LogP contribution in [0.2, 0.25) is 5.02 Å². The van der Waals surface area contributed by atoms with Gasteiger partial charge in [-0.3, -0.25) is 4.79 Å². The molecule has 1 fully saturated rings. The standard InChI is InChI=1S/C17H19ClN2O3/c1-2-19-14-6-5-12(18)10-13(14)17(21)20-7-9-23-16(11-20)15-4-3-8-22-15/h3-6,8,10,16,19H,2,7,9,11H2,1H3/t16-/m1/s1. The van der Waals surface area contributed by atoms with Gasteiger partial charge >= 0.3 is 0 Å². The second-order valence-corrected chi connectivity index (χ2v) is 5.78. The summed E-state index contributed by atoms with van der Waals surface area (Å²) in [5, 5.41) is 3.75. The molecule has 0 unspecified atom stereocenters. The maximum absolute atomic E-state index is 12.9. The van der Waals surface area contributed by atoms with Gasteiger partial charge in [0.1, 0.15) is 11.9 Å². The number of furan rings is 1. The van der Waals surface area contributed by atoms with Gasteiger partial charge in [0.25, 0.3) is 5.91 Å². The van der Waals surface area contributed by atoms with E-state index in [1.165, 1.54) is 0 Å². The molecule has 23 heavy (non-hydrogen) atoms. The van der Waals surface area contributed by atoms with Crippen molar-refractivity contribution in [2.24, 2.45) is 0 Å². The topological polar surface area (TPSA) is 54.7 Å². The van der Waals surface area contributed by atoms with Crippen molar-refractivity contribution in [3.63, 3.8) is 0 Å². The highest BCUT2D eigenvalue weighted by Gasteiger charge is 2.28. The molecule has 1 aliphatic rings. The SMILES string of the molecule is CCNc1ccc(Cl)cc1C(=O)N1CCO[C@@H](c2ccco2)C1. The Morgan fingerprint density at radius 3 is 3.04 bits per heavy atom. The largest absolute Gasteiger partial charge is 0.467 e. The van der Waals surface area contributed by atoms with Crippen LogP contribution in [0.15, 0.2) is 41.0 Å². The van der Waals surface area contributed by atoms with Crippen molar-refractivity contribution in [3.8, 4) is 0 Å². The molecule has 1 atom stereocenters. The van der Waals surface area contributed by atoms with Gasteiger partial charge in [-0.1, -0.05) is 11.6 Å². The predicted octanol–water partition coefficient (Wildman–Crippen LogP) is 3.58. The van der Waals surface area contributed by atoms with E-state index in [2.05, 4.69) is 5.32 Å². The third kappa shape index (κ3) is 3.51. The summed E-state index contributed by atoms with van der Waals surface area (Å²) in [5.41, 5.74) is 1.38. The number of anilines is 1. The highest BCUT2D eigenvalue weighted by molar-refractivity contribution is 6.31. The van der Waals surface area contributed by atoms with Gasteiger partial charge in [0.15, 0.2) is 0 Å². The van der Waals surface area contributed by atoms with E-state index in [1.807, 2.05) is 25.1 Å². The van der Waals surface area contributed by atoms with E-state index in [9.17, 15) is 4.79 Å². The van der Waals surface area contributed by atoms with Crippen molar-refractivity contribution in [2.75, 3.05) is 31.6 Å². The lowest BCUT2D eigenvalue weighted by Crippen LogP contribution is -2.42. The molecule has 122 valence electrons. The molecule has 1 aromatic carbocycles. The molecule has 3 rings (SSSR count). The summed E-state index contributed by atoms with van der Waals surface area (Å²) in [6.07, 6.45) is 1.38. The van der Waals surface area contributed by atoms with Gasteiger partial charge in [0.2, 0.25) is 0 Å². The Balaban J connectivity index is 1.81. The summed E-state index contributed by atoms with van der Waals surface area (Å²) >= 11 is 6.07. The van der Waals surface area contributed by atoms with E-state index in [0.29, 0.717) is 30.3 Å². The number of carbonyl (C=O) groups is 1. The second kappa shape index (κ2) is 7.06. The summed E-state index contributed by atoms with van der Waals surface area (Å²) in [6.45, 7) is 4.22. The number of nitrogens with one attached hydrogen (secondary N) is 1. The zero-order valence-corrected chi connectivity index (χ0v) is 13.7. The lowest BCUT2D eigenvalue weighted by molar-refractivity contribution is -0.0321. The van der Waals surface area contributed by atoms with Crippen LogP contribution in [0.4, 0.5) is 5.69 Å². The number of amides is 1. The van der Waals surface area contributed by atoms with Crippen molar-refractivity contribution in [3.05, 3.63) is 52.9 Å². The first-order chi connectivity index (χ1) is 11.2. The molecule has 0 spiro atoms. The molecule has 0 bridgehead atoms. The second-order valence-electron chi connectivity index (χ2n) is 5.35. The molecule has 2 aromatic rings. The van der Waals surface area contributed by atoms with Gasteiger partial charge in [-0.2, -0.15) is 0 Å². The first-order valence-electron chi connectivity index (χ1n) is 7.66. The number of morpholine rings is 1. The Labute approximate surface area is 140 Å². The number of rotatable bonds is 4. The number of hydrogen-bond acceptors (Lipinski definition) is 4. The van der Waals surface area contributed by atoms with Gasteiger partial charge in [0, 0.05) is 23.8 Å². The minimum atomic E-state index is -0.232. The molecule has 0 aliphatic carbocycles. The maximum Gasteiger partial charge on any atom is 0.256 e. The van der Waals surface area contributed by atoms with Crippen LogP contribution in [0, 0.1) is 0 Å². The summed E-state index contributed by atoms with van der Waals surface area (Å²) in [6, 6.07) is 9.01. The summed E-state index contributed by atoms with van der Waals surface area (Å²) in [7, 11) is 0.